The average molecular weight is 355 g/mol. The summed E-state index contributed by atoms with van der Waals surface area (Å²) >= 11 is 1.49. The van der Waals surface area contributed by atoms with E-state index in [4.69, 9.17) is 0 Å². The van der Waals surface area contributed by atoms with Crippen LogP contribution in [0.2, 0.25) is 0 Å². The van der Waals surface area contributed by atoms with Gasteiger partial charge in [-0.05, 0) is 42.8 Å². The molecule has 1 spiro atoms. The molecule has 4 rings (SSSR count). The number of thiophene rings is 1. The molecule has 5 nitrogen and oxygen atoms in total. The molecule has 2 aliphatic rings. The molecule has 0 saturated carbocycles. The maximum Gasteiger partial charge on any atom is 0.263 e. The summed E-state index contributed by atoms with van der Waals surface area (Å²) in [4.78, 5) is 34.1. The molecule has 2 fully saturated rings. The van der Waals surface area contributed by atoms with Gasteiger partial charge in [0.05, 0.1) is 10.4 Å². The van der Waals surface area contributed by atoms with E-state index in [1.54, 1.807) is 18.5 Å². The number of amides is 2. The van der Waals surface area contributed by atoms with E-state index in [0.717, 1.165) is 50.3 Å². The van der Waals surface area contributed by atoms with Gasteiger partial charge in [0.25, 0.3) is 11.8 Å². The van der Waals surface area contributed by atoms with Gasteiger partial charge in [-0.15, -0.1) is 11.3 Å². The number of aromatic nitrogens is 1. The quantitative estimate of drug-likeness (QED) is 0.832. The second-order valence-electron chi connectivity index (χ2n) is 7.03. The lowest BCUT2D eigenvalue weighted by molar-refractivity contribution is 0.0516. The zero-order valence-electron chi connectivity index (χ0n) is 14.1. The molecule has 6 heteroatoms. The van der Waals surface area contributed by atoms with E-state index in [0.29, 0.717) is 5.56 Å². The third kappa shape index (κ3) is 3.18. The minimum atomic E-state index is 0.0447. The molecule has 0 aliphatic carbocycles. The zero-order chi connectivity index (χ0) is 17.3. The fraction of sp³-hybridized carbons (Fsp3) is 0.421. The highest BCUT2D eigenvalue weighted by Crippen LogP contribution is 2.40. The van der Waals surface area contributed by atoms with Crippen molar-refractivity contribution in [3.8, 4) is 0 Å². The minimum Gasteiger partial charge on any atom is -0.338 e. The van der Waals surface area contributed by atoms with E-state index in [2.05, 4.69) is 4.98 Å². The van der Waals surface area contributed by atoms with E-state index in [1.807, 2.05) is 33.4 Å². The summed E-state index contributed by atoms with van der Waals surface area (Å²) in [6, 6.07) is 7.41. The Balaban J connectivity index is 1.46. The summed E-state index contributed by atoms with van der Waals surface area (Å²) in [5.41, 5.74) is 0.687. The second-order valence-corrected chi connectivity index (χ2v) is 7.97. The number of pyridine rings is 1. The van der Waals surface area contributed by atoms with Crippen molar-refractivity contribution in [2.45, 2.75) is 19.3 Å². The van der Waals surface area contributed by atoms with Crippen molar-refractivity contribution >= 4 is 23.2 Å². The van der Waals surface area contributed by atoms with Gasteiger partial charge in [-0.1, -0.05) is 6.07 Å². The SMILES string of the molecule is O=C(c1cccnc1)N1CCC[C@]2(CCN(C(=O)c3cccs3)C2)C1. The van der Waals surface area contributed by atoms with Crippen LogP contribution in [0.4, 0.5) is 0 Å². The third-order valence-electron chi connectivity index (χ3n) is 5.31. The molecule has 0 aromatic carbocycles. The van der Waals surface area contributed by atoms with Crippen LogP contribution in [0.25, 0.3) is 0 Å². The standard InChI is InChI=1S/C19H21N3O2S/c23-17(15-4-1-8-20-12-15)21-9-3-6-19(13-21)7-10-22(14-19)18(24)16-5-2-11-25-16/h1-2,4-5,8,11-12H,3,6-7,9-10,13-14H2/t19-/m0/s1. The molecule has 0 radical (unpaired) electrons. The van der Waals surface area contributed by atoms with E-state index >= 15 is 0 Å². The summed E-state index contributed by atoms with van der Waals surface area (Å²) in [7, 11) is 0. The van der Waals surface area contributed by atoms with Crippen LogP contribution >= 0.6 is 11.3 Å². The predicted octanol–water partition coefficient (Wildman–Crippen LogP) is 2.91. The van der Waals surface area contributed by atoms with Gasteiger partial charge < -0.3 is 9.80 Å². The van der Waals surface area contributed by atoms with Crippen molar-refractivity contribution < 1.29 is 9.59 Å². The summed E-state index contributed by atoms with van der Waals surface area (Å²) in [5, 5.41) is 1.94. The Kier molecular flexibility index (Phi) is 4.29. The minimum absolute atomic E-state index is 0.0447. The summed E-state index contributed by atoms with van der Waals surface area (Å²) in [5.74, 6) is 0.179. The fourth-order valence-corrected chi connectivity index (χ4v) is 4.74. The normalized spacial score (nSPS) is 23.2. The smallest absolute Gasteiger partial charge is 0.263 e. The Morgan fingerprint density at radius 2 is 1.88 bits per heavy atom. The molecule has 4 heterocycles. The first-order chi connectivity index (χ1) is 12.2. The molecule has 2 aromatic rings. The Hall–Kier alpha value is -2.21. The number of hydrogen-bond acceptors (Lipinski definition) is 4. The van der Waals surface area contributed by atoms with Crippen LogP contribution in [0.1, 0.15) is 39.3 Å². The number of likely N-dealkylation sites (tertiary alicyclic amines) is 2. The number of rotatable bonds is 2. The molecular weight excluding hydrogens is 334 g/mol. The molecule has 2 aromatic heterocycles. The van der Waals surface area contributed by atoms with Gasteiger partial charge in [0.2, 0.25) is 0 Å². The lowest BCUT2D eigenvalue weighted by atomic mass is 9.79. The molecule has 0 bridgehead atoms. The number of carbonyl (C=O) groups excluding carboxylic acids is 2. The number of piperidine rings is 1. The van der Waals surface area contributed by atoms with E-state index in [-0.39, 0.29) is 17.2 Å². The van der Waals surface area contributed by atoms with Crippen LogP contribution in [-0.4, -0.2) is 52.8 Å². The highest BCUT2D eigenvalue weighted by atomic mass is 32.1. The van der Waals surface area contributed by atoms with E-state index < -0.39 is 0 Å². The van der Waals surface area contributed by atoms with Crippen molar-refractivity contribution in [1.82, 2.24) is 14.8 Å². The molecule has 0 N–H and O–H groups in total. The fourth-order valence-electron chi connectivity index (χ4n) is 4.05. The maximum atomic E-state index is 12.7. The Bertz CT molecular complexity index is 762. The Morgan fingerprint density at radius 3 is 2.60 bits per heavy atom. The average Bonchev–Trinajstić information content (AvgIpc) is 3.32. The Labute approximate surface area is 151 Å². The Morgan fingerprint density at radius 1 is 1.04 bits per heavy atom. The molecule has 2 amide bonds. The molecule has 0 unspecified atom stereocenters. The monoisotopic (exact) mass is 355 g/mol. The van der Waals surface area contributed by atoms with Crippen LogP contribution in [0.3, 0.4) is 0 Å². The maximum absolute atomic E-state index is 12.7. The molecule has 25 heavy (non-hydrogen) atoms. The van der Waals surface area contributed by atoms with Crippen LogP contribution in [-0.2, 0) is 0 Å². The van der Waals surface area contributed by atoms with Gasteiger partial charge in [-0.25, -0.2) is 0 Å². The van der Waals surface area contributed by atoms with Crippen molar-refractivity contribution in [2.75, 3.05) is 26.2 Å². The van der Waals surface area contributed by atoms with Crippen LogP contribution in [0.15, 0.2) is 42.0 Å². The first-order valence-corrected chi connectivity index (χ1v) is 9.57. The van der Waals surface area contributed by atoms with Crippen LogP contribution in [0, 0.1) is 5.41 Å². The van der Waals surface area contributed by atoms with Crippen LogP contribution in [0.5, 0.6) is 0 Å². The zero-order valence-corrected chi connectivity index (χ0v) is 14.9. The molecular formula is C19H21N3O2S. The van der Waals surface area contributed by atoms with E-state index in [9.17, 15) is 9.59 Å². The van der Waals surface area contributed by atoms with Gasteiger partial charge in [-0.3, -0.25) is 14.6 Å². The van der Waals surface area contributed by atoms with E-state index in [1.165, 1.54) is 11.3 Å². The first-order valence-electron chi connectivity index (χ1n) is 8.69. The number of carbonyl (C=O) groups is 2. The summed E-state index contributed by atoms with van der Waals surface area (Å²) in [6.07, 6.45) is 6.36. The summed E-state index contributed by atoms with van der Waals surface area (Å²) in [6.45, 7) is 3.05. The van der Waals surface area contributed by atoms with Gasteiger partial charge in [0, 0.05) is 44.0 Å². The van der Waals surface area contributed by atoms with Gasteiger partial charge in [0.1, 0.15) is 0 Å². The number of hydrogen-bond donors (Lipinski definition) is 0. The van der Waals surface area contributed by atoms with Gasteiger partial charge >= 0.3 is 0 Å². The van der Waals surface area contributed by atoms with Crippen molar-refractivity contribution in [1.29, 1.82) is 0 Å². The van der Waals surface area contributed by atoms with Crippen LogP contribution < -0.4 is 0 Å². The predicted molar refractivity (Wildman–Crippen MR) is 96.6 cm³/mol. The van der Waals surface area contributed by atoms with Crippen molar-refractivity contribution in [2.24, 2.45) is 5.41 Å². The lowest BCUT2D eigenvalue weighted by Crippen LogP contribution is -2.47. The van der Waals surface area contributed by atoms with Gasteiger partial charge in [0.15, 0.2) is 0 Å². The molecule has 1 atom stereocenters. The molecule has 2 saturated heterocycles. The molecule has 130 valence electrons. The highest BCUT2D eigenvalue weighted by Gasteiger charge is 2.44. The third-order valence-corrected chi connectivity index (χ3v) is 6.17. The van der Waals surface area contributed by atoms with Crippen molar-refractivity contribution in [3.05, 3.63) is 52.5 Å². The second kappa shape index (κ2) is 6.59. The number of nitrogens with zero attached hydrogens (tertiary/aromatic N) is 3. The topological polar surface area (TPSA) is 53.5 Å². The van der Waals surface area contributed by atoms with Gasteiger partial charge in [-0.2, -0.15) is 0 Å². The highest BCUT2D eigenvalue weighted by molar-refractivity contribution is 7.12. The first kappa shape index (κ1) is 16.3. The summed E-state index contributed by atoms with van der Waals surface area (Å²) < 4.78 is 0. The lowest BCUT2D eigenvalue weighted by Gasteiger charge is -2.40. The molecule has 2 aliphatic heterocycles. The largest absolute Gasteiger partial charge is 0.338 e. The van der Waals surface area contributed by atoms with Crippen molar-refractivity contribution in [3.63, 3.8) is 0 Å².